The lowest BCUT2D eigenvalue weighted by molar-refractivity contribution is -0.140. The van der Waals surface area contributed by atoms with E-state index in [0.29, 0.717) is 6.04 Å². The van der Waals surface area contributed by atoms with E-state index in [-0.39, 0.29) is 24.6 Å². The van der Waals surface area contributed by atoms with Crippen molar-refractivity contribution in [2.75, 3.05) is 39.0 Å². The summed E-state index contributed by atoms with van der Waals surface area (Å²) in [6, 6.07) is 8.54. The van der Waals surface area contributed by atoms with Gasteiger partial charge in [0.05, 0.1) is 26.4 Å². The molecule has 1 aromatic carbocycles. The fourth-order valence-electron chi connectivity index (χ4n) is 3.80. The SMILES string of the molecule is COC(=O)C1=C(C(=O)OC)N(c2cccc(CN3CCCCC3C)c2)COC1. The Morgan fingerprint density at radius 1 is 1.18 bits per heavy atom. The minimum Gasteiger partial charge on any atom is -0.466 e. The van der Waals surface area contributed by atoms with Gasteiger partial charge in [0.1, 0.15) is 12.4 Å². The lowest BCUT2D eigenvalue weighted by atomic mass is 10.0. The minimum absolute atomic E-state index is 0.0125. The summed E-state index contributed by atoms with van der Waals surface area (Å²) < 4.78 is 15.3. The summed E-state index contributed by atoms with van der Waals surface area (Å²) >= 11 is 0. The van der Waals surface area contributed by atoms with Crippen molar-refractivity contribution in [1.82, 2.24) is 4.90 Å². The van der Waals surface area contributed by atoms with E-state index in [1.165, 1.54) is 33.5 Å². The number of rotatable bonds is 5. The van der Waals surface area contributed by atoms with Crippen molar-refractivity contribution >= 4 is 17.6 Å². The zero-order valence-electron chi connectivity index (χ0n) is 16.8. The van der Waals surface area contributed by atoms with Gasteiger partial charge in [-0.05, 0) is 44.0 Å². The van der Waals surface area contributed by atoms with E-state index in [2.05, 4.69) is 17.9 Å². The van der Waals surface area contributed by atoms with Crippen LogP contribution in [0.5, 0.6) is 0 Å². The van der Waals surface area contributed by atoms with Crippen LogP contribution in [0, 0.1) is 0 Å². The molecule has 2 aliphatic rings. The molecule has 0 amide bonds. The number of esters is 2. The maximum atomic E-state index is 12.4. The van der Waals surface area contributed by atoms with Gasteiger partial charge in [0.2, 0.25) is 0 Å². The Labute approximate surface area is 165 Å². The van der Waals surface area contributed by atoms with Gasteiger partial charge in [-0.15, -0.1) is 0 Å². The number of piperidine rings is 1. The van der Waals surface area contributed by atoms with Gasteiger partial charge in [-0.25, -0.2) is 9.59 Å². The van der Waals surface area contributed by atoms with Crippen LogP contribution in [-0.4, -0.2) is 57.0 Å². The lowest BCUT2D eigenvalue weighted by Gasteiger charge is -2.34. The highest BCUT2D eigenvalue weighted by Crippen LogP contribution is 2.28. The first-order valence-corrected chi connectivity index (χ1v) is 9.63. The van der Waals surface area contributed by atoms with Crippen molar-refractivity contribution in [1.29, 1.82) is 0 Å². The van der Waals surface area contributed by atoms with Crippen LogP contribution in [0.3, 0.4) is 0 Å². The molecule has 0 bridgehead atoms. The lowest BCUT2D eigenvalue weighted by Crippen LogP contribution is -2.39. The van der Waals surface area contributed by atoms with Crippen molar-refractivity contribution in [2.24, 2.45) is 0 Å². The number of benzene rings is 1. The molecule has 1 aromatic rings. The smallest absolute Gasteiger partial charge is 0.355 e. The number of anilines is 1. The zero-order valence-corrected chi connectivity index (χ0v) is 16.8. The van der Waals surface area contributed by atoms with E-state index in [9.17, 15) is 9.59 Å². The Morgan fingerprint density at radius 3 is 2.68 bits per heavy atom. The predicted octanol–water partition coefficient (Wildman–Crippen LogP) is 2.46. The van der Waals surface area contributed by atoms with E-state index < -0.39 is 11.9 Å². The molecule has 2 aliphatic heterocycles. The predicted molar refractivity (Wildman–Crippen MR) is 105 cm³/mol. The van der Waals surface area contributed by atoms with E-state index in [1.807, 2.05) is 18.2 Å². The molecule has 7 heteroatoms. The average molecular weight is 388 g/mol. The van der Waals surface area contributed by atoms with Gasteiger partial charge in [-0.3, -0.25) is 4.90 Å². The number of carbonyl (C=O) groups is 2. The van der Waals surface area contributed by atoms with E-state index in [0.717, 1.165) is 24.3 Å². The van der Waals surface area contributed by atoms with Crippen LogP contribution < -0.4 is 4.90 Å². The van der Waals surface area contributed by atoms with Gasteiger partial charge in [0.15, 0.2) is 0 Å². The molecule has 1 atom stereocenters. The fraction of sp³-hybridized carbons (Fsp3) is 0.524. The second-order valence-electron chi connectivity index (χ2n) is 7.20. The molecular formula is C21H28N2O5. The summed E-state index contributed by atoms with van der Waals surface area (Å²) in [5.74, 6) is -1.18. The topological polar surface area (TPSA) is 68.3 Å². The highest BCUT2D eigenvalue weighted by atomic mass is 16.5. The number of methoxy groups -OCH3 is 2. The Bertz CT molecular complexity index is 761. The first-order valence-electron chi connectivity index (χ1n) is 9.63. The Morgan fingerprint density at radius 2 is 1.96 bits per heavy atom. The molecule has 0 aliphatic carbocycles. The molecular weight excluding hydrogens is 360 g/mol. The number of nitrogens with zero attached hydrogens (tertiary/aromatic N) is 2. The molecule has 1 unspecified atom stereocenters. The van der Waals surface area contributed by atoms with Gasteiger partial charge >= 0.3 is 11.9 Å². The molecule has 3 rings (SSSR count). The number of likely N-dealkylation sites (tertiary alicyclic amines) is 1. The van der Waals surface area contributed by atoms with Crippen LogP contribution in [0.15, 0.2) is 35.5 Å². The normalized spacial score (nSPS) is 20.8. The van der Waals surface area contributed by atoms with Crippen LogP contribution in [0.25, 0.3) is 0 Å². The number of carbonyl (C=O) groups excluding carboxylic acids is 2. The summed E-state index contributed by atoms with van der Waals surface area (Å²) in [6.07, 6.45) is 3.73. The summed E-state index contributed by atoms with van der Waals surface area (Å²) in [4.78, 5) is 28.7. The first-order chi connectivity index (χ1) is 13.5. The van der Waals surface area contributed by atoms with Gasteiger partial charge in [0, 0.05) is 18.3 Å². The second kappa shape index (κ2) is 9.21. The second-order valence-corrected chi connectivity index (χ2v) is 7.20. The highest BCUT2D eigenvalue weighted by molar-refractivity contribution is 6.03. The molecule has 0 spiro atoms. The quantitative estimate of drug-likeness (QED) is 0.718. The Balaban J connectivity index is 1.90. The maximum Gasteiger partial charge on any atom is 0.355 e. The third kappa shape index (κ3) is 4.36. The molecule has 2 heterocycles. The van der Waals surface area contributed by atoms with Gasteiger partial charge in [-0.2, -0.15) is 0 Å². The average Bonchev–Trinajstić information content (AvgIpc) is 2.74. The zero-order chi connectivity index (χ0) is 20.1. The van der Waals surface area contributed by atoms with Crippen molar-refractivity contribution in [3.05, 3.63) is 41.1 Å². The van der Waals surface area contributed by atoms with E-state index in [1.54, 1.807) is 4.90 Å². The van der Waals surface area contributed by atoms with Crippen molar-refractivity contribution < 1.29 is 23.8 Å². The largest absolute Gasteiger partial charge is 0.466 e. The van der Waals surface area contributed by atoms with Crippen LogP contribution in [0.2, 0.25) is 0 Å². The molecule has 0 saturated carbocycles. The fourth-order valence-corrected chi connectivity index (χ4v) is 3.80. The number of hydrogen-bond acceptors (Lipinski definition) is 7. The maximum absolute atomic E-state index is 12.4. The van der Waals surface area contributed by atoms with Crippen molar-refractivity contribution in [3.63, 3.8) is 0 Å². The van der Waals surface area contributed by atoms with Crippen molar-refractivity contribution in [3.8, 4) is 0 Å². The van der Waals surface area contributed by atoms with E-state index >= 15 is 0 Å². The third-order valence-electron chi connectivity index (χ3n) is 5.38. The minimum atomic E-state index is -0.594. The Hall–Kier alpha value is -2.38. The van der Waals surface area contributed by atoms with Gasteiger partial charge in [0.25, 0.3) is 0 Å². The Kier molecular flexibility index (Phi) is 6.70. The standard InChI is InChI=1S/C21H28N2O5/c1-15-7-4-5-10-22(15)12-16-8-6-9-17(11-16)23-14-28-13-18(20(24)26-2)19(23)21(25)27-3/h6,8-9,11,15H,4-5,7,10,12-14H2,1-3H3. The molecule has 7 nitrogen and oxygen atoms in total. The summed E-state index contributed by atoms with van der Waals surface area (Å²) in [5.41, 5.74) is 2.27. The van der Waals surface area contributed by atoms with E-state index in [4.69, 9.17) is 14.2 Å². The van der Waals surface area contributed by atoms with Gasteiger partial charge < -0.3 is 19.1 Å². The summed E-state index contributed by atoms with van der Waals surface area (Å²) in [6.45, 7) is 4.39. The monoisotopic (exact) mass is 388 g/mol. The van der Waals surface area contributed by atoms with Crippen molar-refractivity contribution in [2.45, 2.75) is 38.8 Å². The molecule has 28 heavy (non-hydrogen) atoms. The van der Waals surface area contributed by atoms with Crippen LogP contribution in [0.4, 0.5) is 5.69 Å². The molecule has 0 N–H and O–H groups in total. The highest BCUT2D eigenvalue weighted by Gasteiger charge is 2.32. The number of hydrogen-bond donors (Lipinski definition) is 0. The summed E-state index contributed by atoms with van der Waals surface area (Å²) in [7, 11) is 2.58. The summed E-state index contributed by atoms with van der Waals surface area (Å²) in [5, 5.41) is 0. The molecule has 0 radical (unpaired) electrons. The molecule has 1 saturated heterocycles. The van der Waals surface area contributed by atoms with Crippen LogP contribution in [-0.2, 0) is 30.3 Å². The third-order valence-corrected chi connectivity index (χ3v) is 5.38. The van der Waals surface area contributed by atoms with Crippen LogP contribution >= 0.6 is 0 Å². The van der Waals surface area contributed by atoms with Gasteiger partial charge in [-0.1, -0.05) is 18.6 Å². The molecule has 1 fully saturated rings. The molecule has 0 aromatic heterocycles. The molecule has 152 valence electrons. The first kappa shape index (κ1) is 20.4. The van der Waals surface area contributed by atoms with Crippen LogP contribution in [0.1, 0.15) is 31.7 Å². The number of ether oxygens (including phenoxy) is 3.